The van der Waals surface area contributed by atoms with Gasteiger partial charge in [0.1, 0.15) is 0 Å². The van der Waals surface area contributed by atoms with Crippen molar-refractivity contribution < 1.29 is 4.79 Å². The van der Waals surface area contributed by atoms with Gasteiger partial charge in [-0.3, -0.25) is 4.79 Å². The molecule has 0 amide bonds. The Labute approximate surface area is 90.1 Å². The summed E-state index contributed by atoms with van der Waals surface area (Å²) < 4.78 is 0. The van der Waals surface area contributed by atoms with Gasteiger partial charge >= 0.3 is 0 Å². The summed E-state index contributed by atoms with van der Waals surface area (Å²) in [7, 11) is 0. The summed E-state index contributed by atoms with van der Waals surface area (Å²) >= 11 is 5.30. The third-order valence-corrected chi connectivity index (χ3v) is 2.30. The van der Waals surface area contributed by atoms with Crippen molar-refractivity contribution in [2.75, 3.05) is 0 Å². The highest BCUT2D eigenvalue weighted by Crippen LogP contribution is 2.22. The molecule has 0 radical (unpaired) electrons. The first kappa shape index (κ1) is 11.3. The van der Waals surface area contributed by atoms with E-state index in [1.54, 1.807) is 0 Å². The van der Waals surface area contributed by atoms with Crippen LogP contribution in [0.25, 0.3) is 0 Å². The summed E-state index contributed by atoms with van der Waals surface area (Å²) in [6.45, 7) is 6.48. The molecule has 0 heterocycles. The number of carbonyl (C=O) groups excluding carboxylic acids is 1. The first-order chi connectivity index (χ1) is 6.39. The molecule has 2 heteroatoms. The Kier molecular flexibility index (Phi) is 3.33. The molecule has 76 valence electrons. The Morgan fingerprint density at radius 3 is 2.07 bits per heavy atom. The predicted octanol–water partition coefficient (Wildman–Crippen LogP) is 3.29. The molecular weight excluding hydrogens is 196 g/mol. The summed E-state index contributed by atoms with van der Waals surface area (Å²) in [5.41, 5.74) is 2.39. The molecule has 0 aromatic heterocycles. The summed E-state index contributed by atoms with van der Waals surface area (Å²) in [6, 6.07) is 8.02. The van der Waals surface area contributed by atoms with Crippen molar-refractivity contribution in [2.45, 2.75) is 32.6 Å². The molecule has 0 unspecified atom stereocenters. The zero-order valence-electron chi connectivity index (χ0n) is 8.80. The molecule has 0 bridgehead atoms. The van der Waals surface area contributed by atoms with E-state index >= 15 is 0 Å². The summed E-state index contributed by atoms with van der Waals surface area (Å²) in [5.74, 6) is 0. The van der Waals surface area contributed by atoms with Crippen molar-refractivity contribution >= 4 is 16.8 Å². The molecule has 14 heavy (non-hydrogen) atoms. The fourth-order valence-corrected chi connectivity index (χ4v) is 1.44. The van der Waals surface area contributed by atoms with Crippen LogP contribution in [0.3, 0.4) is 0 Å². The van der Waals surface area contributed by atoms with Crippen molar-refractivity contribution in [3.63, 3.8) is 0 Å². The smallest absolute Gasteiger partial charge is 0.226 e. The first-order valence-corrected chi connectivity index (χ1v) is 5.05. The average molecular weight is 211 g/mol. The zero-order valence-corrected chi connectivity index (χ0v) is 9.56. The van der Waals surface area contributed by atoms with Crippen molar-refractivity contribution in [3.05, 3.63) is 35.4 Å². The van der Waals surface area contributed by atoms with Crippen LogP contribution in [0.4, 0.5) is 0 Å². The number of hydrogen-bond donors (Lipinski definition) is 0. The van der Waals surface area contributed by atoms with Crippen molar-refractivity contribution in [1.82, 2.24) is 0 Å². The van der Waals surface area contributed by atoms with E-state index in [1.165, 1.54) is 5.56 Å². The largest absolute Gasteiger partial charge is 0.281 e. The van der Waals surface area contributed by atoms with Gasteiger partial charge in [-0.1, -0.05) is 45.0 Å². The molecule has 1 rings (SSSR count). The lowest BCUT2D eigenvalue weighted by atomic mass is 9.86. The summed E-state index contributed by atoms with van der Waals surface area (Å²) in [6.07, 6.45) is 0.311. The van der Waals surface area contributed by atoms with Gasteiger partial charge in [-0.25, -0.2) is 0 Å². The molecule has 0 spiro atoms. The Morgan fingerprint density at radius 1 is 1.21 bits per heavy atom. The normalized spacial score (nSPS) is 11.4. The summed E-state index contributed by atoms with van der Waals surface area (Å²) in [5, 5.41) is -0.312. The number of carbonyl (C=O) groups is 1. The maximum absolute atomic E-state index is 10.7. The molecular formula is C12H15ClO. The lowest BCUT2D eigenvalue weighted by Gasteiger charge is -2.18. The van der Waals surface area contributed by atoms with Gasteiger partial charge in [-0.15, -0.1) is 0 Å². The van der Waals surface area contributed by atoms with Gasteiger partial charge in [0.2, 0.25) is 5.24 Å². The van der Waals surface area contributed by atoms with Crippen LogP contribution in [-0.2, 0) is 16.6 Å². The second kappa shape index (κ2) is 4.14. The van der Waals surface area contributed by atoms with E-state index < -0.39 is 0 Å². The number of rotatable bonds is 2. The van der Waals surface area contributed by atoms with Crippen LogP contribution in [-0.4, -0.2) is 5.24 Å². The minimum atomic E-state index is -0.312. The van der Waals surface area contributed by atoms with Gasteiger partial charge in [-0.2, -0.15) is 0 Å². The highest BCUT2D eigenvalue weighted by molar-refractivity contribution is 6.63. The van der Waals surface area contributed by atoms with Gasteiger partial charge in [-0.05, 0) is 28.1 Å². The molecule has 0 saturated carbocycles. The lowest BCUT2D eigenvalue weighted by Crippen LogP contribution is -2.10. The highest BCUT2D eigenvalue weighted by atomic mass is 35.5. The average Bonchev–Trinajstić information content (AvgIpc) is 2.02. The maximum Gasteiger partial charge on any atom is 0.226 e. The molecule has 0 N–H and O–H groups in total. The molecule has 1 nitrogen and oxygen atoms in total. The van der Waals surface area contributed by atoms with E-state index in [2.05, 4.69) is 32.9 Å². The van der Waals surface area contributed by atoms with Gasteiger partial charge in [0.25, 0.3) is 0 Å². The monoisotopic (exact) mass is 210 g/mol. The van der Waals surface area contributed by atoms with Gasteiger partial charge in [0.15, 0.2) is 0 Å². The van der Waals surface area contributed by atoms with Crippen LogP contribution in [0.2, 0.25) is 0 Å². The first-order valence-electron chi connectivity index (χ1n) is 4.67. The molecule has 0 saturated heterocycles. The van der Waals surface area contributed by atoms with Crippen LogP contribution in [0.5, 0.6) is 0 Å². The zero-order chi connectivity index (χ0) is 10.8. The Morgan fingerprint density at radius 2 is 1.71 bits per heavy atom. The van der Waals surface area contributed by atoms with E-state index in [1.807, 2.05) is 12.1 Å². The second-order valence-corrected chi connectivity index (χ2v) is 4.90. The topological polar surface area (TPSA) is 17.1 Å². The quantitative estimate of drug-likeness (QED) is 0.685. The molecule has 1 aromatic rings. The summed E-state index contributed by atoms with van der Waals surface area (Å²) in [4.78, 5) is 10.7. The molecule has 0 atom stereocenters. The van der Waals surface area contributed by atoms with E-state index in [0.717, 1.165) is 5.56 Å². The van der Waals surface area contributed by atoms with Gasteiger partial charge < -0.3 is 0 Å². The minimum absolute atomic E-state index is 0.156. The SMILES string of the molecule is CC(C)(C)c1ccc(CC(=O)Cl)cc1. The van der Waals surface area contributed by atoms with Crippen LogP contribution >= 0.6 is 11.6 Å². The van der Waals surface area contributed by atoms with Crippen LogP contribution in [0, 0.1) is 0 Å². The van der Waals surface area contributed by atoms with E-state index in [9.17, 15) is 4.79 Å². The maximum atomic E-state index is 10.7. The Bertz CT molecular complexity index is 319. The van der Waals surface area contributed by atoms with E-state index in [4.69, 9.17) is 11.6 Å². The predicted molar refractivity (Wildman–Crippen MR) is 59.7 cm³/mol. The van der Waals surface area contributed by atoms with Crippen LogP contribution in [0.1, 0.15) is 31.9 Å². The Balaban J connectivity index is 2.84. The second-order valence-electron chi connectivity index (χ2n) is 4.48. The van der Waals surface area contributed by atoms with Crippen molar-refractivity contribution in [3.8, 4) is 0 Å². The number of halogens is 1. The molecule has 1 aromatic carbocycles. The third kappa shape index (κ3) is 3.15. The molecule has 0 aliphatic heterocycles. The van der Waals surface area contributed by atoms with Gasteiger partial charge in [0.05, 0.1) is 0 Å². The standard InChI is InChI=1S/C12H15ClO/c1-12(2,3)10-6-4-9(5-7-10)8-11(13)14/h4-7H,8H2,1-3H3. The van der Waals surface area contributed by atoms with E-state index in [0.29, 0.717) is 6.42 Å². The third-order valence-electron chi connectivity index (χ3n) is 2.16. The lowest BCUT2D eigenvalue weighted by molar-refractivity contribution is -0.111. The number of benzene rings is 1. The molecule has 0 aliphatic rings. The highest BCUT2D eigenvalue weighted by Gasteiger charge is 2.12. The van der Waals surface area contributed by atoms with Crippen molar-refractivity contribution in [2.24, 2.45) is 0 Å². The number of hydrogen-bond acceptors (Lipinski definition) is 1. The van der Waals surface area contributed by atoms with Crippen molar-refractivity contribution in [1.29, 1.82) is 0 Å². The Hall–Kier alpha value is -0.820. The van der Waals surface area contributed by atoms with Crippen LogP contribution in [0.15, 0.2) is 24.3 Å². The minimum Gasteiger partial charge on any atom is -0.281 e. The fraction of sp³-hybridized carbons (Fsp3) is 0.417. The molecule has 0 fully saturated rings. The molecule has 0 aliphatic carbocycles. The van der Waals surface area contributed by atoms with Crippen LogP contribution < -0.4 is 0 Å². The fourth-order valence-electron chi connectivity index (χ4n) is 1.28. The van der Waals surface area contributed by atoms with E-state index in [-0.39, 0.29) is 10.7 Å². The van der Waals surface area contributed by atoms with Gasteiger partial charge in [0, 0.05) is 6.42 Å².